The molecule has 0 radical (unpaired) electrons. The highest BCUT2D eigenvalue weighted by Crippen LogP contribution is 2.34. The summed E-state index contributed by atoms with van der Waals surface area (Å²) in [7, 11) is 0. The molecule has 118 valence electrons. The standard InChI is InChI=1S/C16H16F3NO2/c1-10-12-6-2-3-7-13(12)22-14(10)15(21)20-8-4-5-11(9-20)16(17,18)19/h2-3,6-7,11H,4-5,8-9H2,1H3. The number of hydrogen-bond donors (Lipinski definition) is 0. The quantitative estimate of drug-likeness (QED) is 0.792. The van der Waals surface area contributed by atoms with Crippen molar-refractivity contribution in [3.8, 4) is 0 Å². The Morgan fingerprint density at radius 3 is 2.73 bits per heavy atom. The molecule has 6 heteroatoms. The van der Waals surface area contributed by atoms with E-state index >= 15 is 0 Å². The zero-order valence-electron chi connectivity index (χ0n) is 12.1. The minimum absolute atomic E-state index is 0.0758. The van der Waals surface area contributed by atoms with Crippen LogP contribution in [0.25, 0.3) is 11.0 Å². The van der Waals surface area contributed by atoms with Crippen molar-refractivity contribution >= 4 is 16.9 Å². The number of rotatable bonds is 1. The summed E-state index contributed by atoms with van der Waals surface area (Å²) in [6.45, 7) is 1.80. The van der Waals surface area contributed by atoms with Gasteiger partial charge in [-0.25, -0.2) is 0 Å². The van der Waals surface area contributed by atoms with Crippen molar-refractivity contribution in [1.82, 2.24) is 4.90 Å². The van der Waals surface area contributed by atoms with Crippen LogP contribution in [0.4, 0.5) is 13.2 Å². The van der Waals surface area contributed by atoms with Gasteiger partial charge >= 0.3 is 6.18 Å². The lowest BCUT2D eigenvalue weighted by Crippen LogP contribution is -2.44. The molecule has 1 aliphatic heterocycles. The van der Waals surface area contributed by atoms with Gasteiger partial charge in [-0.1, -0.05) is 18.2 Å². The van der Waals surface area contributed by atoms with E-state index in [2.05, 4.69) is 0 Å². The van der Waals surface area contributed by atoms with Crippen LogP contribution in [0.1, 0.15) is 29.0 Å². The summed E-state index contributed by atoms with van der Waals surface area (Å²) in [6, 6.07) is 7.20. The van der Waals surface area contributed by atoms with E-state index < -0.39 is 18.0 Å². The molecule has 1 aromatic heterocycles. The maximum absolute atomic E-state index is 12.9. The molecule has 1 saturated heterocycles. The largest absolute Gasteiger partial charge is 0.451 e. The van der Waals surface area contributed by atoms with E-state index in [9.17, 15) is 18.0 Å². The van der Waals surface area contributed by atoms with Gasteiger partial charge in [0.25, 0.3) is 5.91 Å². The van der Waals surface area contributed by atoms with Crippen LogP contribution in [0.3, 0.4) is 0 Å². The molecule has 0 spiro atoms. The zero-order valence-corrected chi connectivity index (χ0v) is 12.1. The van der Waals surface area contributed by atoms with Crippen LogP contribution in [0, 0.1) is 12.8 Å². The first kappa shape index (κ1) is 14.9. The van der Waals surface area contributed by atoms with E-state index in [0.717, 1.165) is 5.39 Å². The van der Waals surface area contributed by atoms with Gasteiger partial charge in [0, 0.05) is 24.0 Å². The second-order valence-corrected chi connectivity index (χ2v) is 5.68. The van der Waals surface area contributed by atoms with Gasteiger partial charge < -0.3 is 9.32 Å². The third-order valence-electron chi connectivity index (χ3n) is 4.21. The van der Waals surface area contributed by atoms with Gasteiger partial charge in [0.1, 0.15) is 5.58 Å². The number of aryl methyl sites for hydroxylation is 1. The fraction of sp³-hybridized carbons (Fsp3) is 0.438. The Morgan fingerprint density at radius 1 is 1.32 bits per heavy atom. The van der Waals surface area contributed by atoms with Gasteiger partial charge in [-0.3, -0.25) is 4.79 Å². The summed E-state index contributed by atoms with van der Waals surface area (Å²) in [5.74, 6) is -1.76. The van der Waals surface area contributed by atoms with Gasteiger partial charge in [0.2, 0.25) is 0 Å². The number of nitrogens with zero attached hydrogens (tertiary/aromatic N) is 1. The zero-order chi connectivity index (χ0) is 15.9. The number of amides is 1. The van der Waals surface area contributed by atoms with Crippen LogP contribution in [0.5, 0.6) is 0 Å². The number of hydrogen-bond acceptors (Lipinski definition) is 2. The van der Waals surface area contributed by atoms with Crippen molar-refractivity contribution in [2.45, 2.75) is 25.9 Å². The Hall–Kier alpha value is -1.98. The molecule has 22 heavy (non-hydrogen) atoms. The highest BCUT2D eigenvalue weighted by Gasteiger charge is 2.43. The molecule has 1 amide bonds. The lowest BCUT2D eigenvalue weighted by molar-refractivity contribution is -0.184. The predicted octanol–water partition coefficient (Wildman–Crippen LogP) is 4.16. The van der Waals surface area contributed by atoms with E-state index in [1.54, 1.807) is 19.1 Å². The molecule has 0 N–H and O–H groups in total. The minimum atomic E-state index is -4.26. The number of carbonyl (C=O) groups excluding carboxylic acids is 1. The van der Waals surface area contributed by atoms with Crippen molar-refractivity contribution in [3.63, 3.8) is 0 Å². The van der Waals surface area contributed by atoms with Gasteiger partial charge in [-0.15, -0.1) is 0 Å². The van der Waals surface area contributed by atoms with Gasteiger partial charge in [0.05, 0.1) is 5.92 Å². The number of carbonyl (C=O) groups is 1. The summed E-state index contributed by atoms with van der Waals surface area (Å²) >= 11 is 0. The summed E-state index contributed by atoms with van der Waals surface area (Å²) in [6.07, 6.45) is -3.83. The number of halogens is 3. The van der Waals surface area contributed by atoms with Crippen molar-refractivity contribution in [2.75, 3.05) is 13.1 Å². The molecule has 0 saturated carbocycles. The predicted molar refractivity (Wildman–Crippen MR) is 75.6 cm³/mol. The van der Waals surface area contributed by atoms with Crippen LogP contribution < -0.4 is 0 Å². The fourth-order valence-electron chi connectivity index (χ4n) is 2.95. The van der Waals surface area contributed by atoms with E-state index in [-0.39, 0.29) is 18.7 Å². The third-order valence-corrected chi connectivity index (χ3v) is 4.21. The lowest BCUT2D eigenvalue weighted by atomic mass is 9.97. The Balaban J connectivity index is 1.88. The van der Waals surface area contributed by atoms with Crippen LogP contribution in [0.2, 0.25) is 0 Å². The SMILES string of the molecule is Cc1c(C(=O)N2CCCC(C(F)(F)F)C2)oc2ccccc12. The van der Waals surface area contributed by atoms with Crippen molar-refractivity contribution in [1.29, 1.82) is 0 Å². The molecule has 1 unspecified atom stereocenters. The molecule has 0 aliphatic carbocycles. The minimum Gasteiger partial charge on any atom is -0.451 e. The molecule has 3 nitrogen and oxygen atoms in total. The number of fused-ring (bicyclic) bond motifs is 1. The molecule has 1 fully saturated rings. The number of benzene rings is 1. The lowest BCUT2D eigenvalue weighted by Gasteiger charge is -2.33. The van der Waals surface area contributed by atoms with Crippen molar-refractivity contribution in [2.24, 2.45) is 5.92 Å². The first-order valence-corrected chi connectivity index (χ1v) is 7.22. The molecule has 1 aliphatic rings. The van der Waals surface area contributed by atoms with Crippen LogP contribution in [-0.2, 0) is 0 Å². The second kappa shape index (κ2) is 5.34. The maximum atomic E-state index is 12.9. The molecule has 2 heterocycles. The molecular weight excluding hydrogens is 295 g/mol. The Kier molecular flexibility index (Phi) is 3.62. The van der Waals surface area contributed by atoms with Gasteiger partial charge in [-0.05, 0) is 25.8 Å². The highest BCUT2D eigenvalue weighted by atomic mass is 19.4. The van der Waals surface area contributed by atoms with E-state index in [0.29, 0.717) is 24.1 Å². The summed E-state index contributed by atoms with van der Waals surface area (Å²) in [4.78, 5) is 13.8. The first-order valence-electron chi connectivity index (χ1n) is 7.22. The first-order chi connectivity index (χ1) is 10.4. The van der Waals surface area contributed by atoms with Crippen LogP contribution in [-0.4, -0.2) is 30.1 Å². The third kappa shape index (κ3) is 2.58. The fourth-order valence-corrected chi connectivity index (χ4v) is 2.95. The van der Waals surface area contributed by atoms with Crippen molar-refractivity contribution in [3.05, 3.63) is 35.6 Å². The van der Waals surface area contributed by atoms with Gasteiger partial charge in [0.15, 0.2) is 5.76 Å². The van der Waals surface area contributed by atoms with E-state index in [1.165, 1.54) is 4.90 Å². The van der Waals surface area contributed by atoms with Crippen LogP contribution in [0.15, 0.2) is 28.7 Å². The van der Waals surface area contributed by atoms with Gasteiger partial charge in [-0.2, -0.15) is 13.2 Å². The number of alkyl halides is 3. The molecule has 2 aromatic rings. The summed E-state index contributed by atoms with van der Waals surface area (Å²) in [5.41, 5.74) is 1.25. The number of piperidine rings is 1. The molecule has 1 atom stereocenters. The maximum Gasteiger partial charge on any atom is 0.393 e. The normalized spacial score (nSPS) is 19.6. The second-order valence-electron chi connectivity index (χ2n) is 5.68. The molecule has 3 rings (SSSR count). The average Bonchev–Trinajstić information content (AvgIpc) is 2.83. The van der Waals surface area contributed by atoms with E-state index in [1.807, 2.05) is 12.1 Å². The topological polar surface area (TPSA) is 33.5 Å². The smallest absolute Gasteiger partial charge is 0.393 e. The number of likely N-dealkylation sites (tertiary alicyclic amines) is 1. The summed E-state index contributed by atoms with van der Waals surface area (Å²) < 4.78 is 44.2. The van der Waals surface area contributed by atoms with Crippen molar-refractivity contribution < 1.29 is 22.4 Å². The Morgan fingerprint density at radius 2 is 2.05 bits per heavy atom. The number of furan rings is 1. The summed E-state index contributed by atoms with van der Waals surface area (Å²) in [5, 5.41) is 0.815. The average molecular weight is 311 g/mol. The number of para-hydroxylation sites is 1. The Labute approximate surface area is 125 Å². The Bertz CT molecular complexity index is 705. The highest BCUT2D eigenvalue weighted by molar-refractivity contribution is 5.98. The molecule has 0 bridgehead atoms. The molecule has 1 aromatic carbocycles. The monoisotopic (exact) mass is 311 g/mol. The van der Waals surface area contributed by atoms with Crippen LogP contribution >= 0.6 is 0 Å². The van der Waals surface area contributed by atoms with E-state index in [4.69, 9.17) is 4.42 Å². The molecular formula is C16H16F3NO2.